The summed E-state index contributed by atoms with van der Waals surface area (Å²) in [6, 6.07) is 12.8. The summed E-state index contributed by atoms with van der Waals surface area (Å²) in [5.41, 5.74) is 0.336. The Kier molecular flexibility index (Phi) is 4.62. The van der Waals surface area contributed by atoms with Gasteiger partial charge in [-0.05, 0) is 18.2 Å². The summed E-state index contributed by atoms with van der Waals surface area (Å²) in [7, 11) is -3.76. The summed E-state index contributed by atoms with van der Waals surface area (Å²) in [4.78, 5) is 12.1. The van der Waals surface area contributed by atoms with Crippen LogP contribution in [0.25, 0.3) is 0 Å². The lowest BCUT2D eigenvalue weighted by Gasteiger charge is -2.07. The third-order valence-corrected chi connectivity index (χ3v) is 5.47. The first-order valence-electron chi connectivity index (χ1n) is 5.67. The number of Topliss-reactive ketones (excluding diaryl/α,β-unsaturated/α-hetero) is 1. The highest BCUT2D eigenvalue weighted by Gasteiger charge is 2.23. The van der Waals surface area contributed by atoms with Crippen LogP contribution >= 0.6 is 27.5 Å². The topological polar surface area (TPSA) is 51.2 Å². The molecule has 0 atom stereocenters. The number of carbonyl (C=O) groups excluding carboxylic acids is 1. The van der Waals surface area contributed by atoms with Gasteiger partial charge in [0.15, 0.2) is 15.6 Å². The number of ketones is 1. The molecule has 104 valence electrons. The van der Waals surface area contributed by atoms with Crippen LogP contribution in [0.4, 0.5) is 0 Å². The van der Waals surface area contributed by atoms with Crippen molar-refractivity contribution in [2.75, 3.05) is 5.75 Å². The Hall–Kier alpha value is -1.17. The summed E-state index contributed by atoms with van der Waals surface area (Å²) < 4.78 is 25.0. The predicted molar refractivity (Wildman–Crippen MR) is 82.0 cm³/mol. The van der Waals surface area contributed by atoms with Crippen molar-refractivity contribution in [1.29, 1.82) is 0 Å². The van der Waals surface area contributed by atoms with Crippen LogP contribution < -0.4 is 0 Å². The fourth-order valence-corrected chi connectivity index (χ4v) is 4.01. The molecule has 0 spiro atoms. The Morgan fingerprint density at radius 1 is 1.05 bits per heavy atom. The lowest BCUT2D eigenvalue weighted by molar-refractivity contribution is 0.102. The van der Waals surface area contributed by atoms with Gasteiger partial charge >= 0.3 is 0 Å². The van der Waals surface area contributed by atoms with Crippen LogP contribution in [0, 0.1) is 0 Å². The molecular weight excluding hydrogens is 364 g/mol. The zero-order chi connectivity index (χ0) is 14.8. The minimum Gasteiger partial charge on any atom is -0.293 e. The largest absolute Gasteiger partial charge is 0.293 e. The average molecular weight is 374 g/mol. The van der Waals surface area contributed by atoms with E-state index in [0.29, 0.717) is 10.0 Å². The summed E-state index contributed by atoms with van der Waals surface area (Å²) in [5.74, 6) is -1.09. The van der Waals surface area contributed by atoms with Crippen molar-refractivity contribution in [3.8, 4) is 0 Å². The maximum absolute atomic E-state index is 12.2. The van der Waals surface area contributed by atoms with Gasteiger partial charge in [-0.15, -0.1) is 0 Å². The third-order valence-electron chi connectivity index (χ3n) is 2.67. The second kappa shape index (κ2) is 6.08. The highest BCUT2D eigenvalue weighted by atomic mass is 79.9. The molecule has 0 fully saturated rings. The molecule has 0 aromatic heterocycles. The first-order valence-corrected chi connectivity index (χ1v) is 8.49. The summed E-state index contributed by atoms with van der Waals surface area (Å²) in [5, 5.41) is 0.118. The van der Waals surface area contributed by atoms with E-state index in [-0.39, 0.29) is 9.92 Å². The molecule has 0 N–H and O–H groups in total. The highest BCUT2D eigenvalue weighted by Crippen LogP contribution is 2.23. The van der Waals surface area contributed by atoms with Crippen LogP contribution in [0.2, 0.25) is 5.02 Å². The van der Waals surface area contributed by atoms with Gasteiger partial charge in [0.25, 0.3) is 0 Å². The molecule has 2 aromatic carbocycles. The second-order valence-electron chi connectivity index (χ2n) is 4.09. The van der Waals surface area contributed by atoms with E-state index in [2.05, 4.69) is 15.9 Å². The normalized spacial score (nSPS) is 11.3. The summed E-state index contributed by atoms with van der Waals surface area (Å²) >= 11 is 9.10. The molecule has 0 heterocycles. The molecule has 0 amide bonds. The van der Waals surface area contributed by atoms with E-state index in [1.807, 2.05) is 0 Å². The first kappa shape index (κ1) is 15.2. The van der Waals surface area contributed by atoms with Gasteiger partial charge in [0, 0.05) is 10.0 Å². The number of rotatable bonds is 4. The van der Waals surface area contributed by atoms with Crippen LogP contribution in [0.1, 0.15) is 10.4 Å². The molecule has 0 aliphatic carbocycles. The van der Waals surface area contributed by atoms with Crippen LogP contribution in [0.15, 0.2) is 57.9 Å². The minimum absolute atomic E-state index is 0.0259. The van der Waals surface area contributed by atoms with Gasteiger partial charge in [-0.1, -0.05) is 57.9 Å². The quantitative estimate of drug-likeness (QED) is 0.767. The van der Waals surface area contributed by atoms with E-state index in [1.54, 1.807) is 36.4 Å². The summed E-state index contributed by atoms with van der Waals surface area (Å²) in [6.45, 7) is 0. The molecule has 0 radical (unpaired) electrons. The van der Waals surface area contributed by atoms with Gasteiger partial charge in [-0.3, -0.25) is 4.79 Å². The molecule has 0 saturated carbocycles. The van der Waals surface area contributed by atoms with Crippen molar-refractivity contribution in [2.45, 2.75) is 4.90 Å². The van der Waals surface area contributed by atoms with E-state index in [1.165, 1.54) is 12.1 Å². The van der Waals surface area contributed by atoms with Crippen molar-refractivity contribution in [2.24, 2.45) is 0 Å². The van der Waals surface area contributed by atoms with E-state index >= 15 is 0 Å². The predicted octanol–water partition coefficient (Wildman–Crippen LogP) is 3.76. The fraction of sp³-hybridized carbons (Fsp3) is 0.0714. The number of benzene rings is 2. The zero-order valence-electron chi connectivity index (χ0n) is 10.2. The smallest absolute Gasteiger partial charge is 0.187 e. The number of carbonyl (C=O) groups is 1. The zero-order valence-corrected chi connectivity index (χ0v) is 13.4. The molecule has 2 rings (SSSR count). The number of hydrogen-bond donors (Lipinski definition) is 0. The maximum atomic E-state index is 12.2. The minimum atomic E-state index is -3.76. The van der Waals surface area contributed by atoms with Crippen molar-refractivity contribution >= 4 is 43.2 Å². The SMILES string of the molecule is O=C(CS(=O)(=O)c1ccccc1Cl)c1ccccc1Br. The van der Waals surface area contributed by atoms with Crippen molar-refractivity contribution < 1.29 is 13.2 Å². The van der Waals surface area contributed by atoms with Gasteiger partial charge in [0.1, 0.15) is 5.75 Å². The van der Waals surface area contributed by atoms with Gasteiger partial charge in [-0.25, -0.2) is 8.42 Å². The van der Waals surface area contributed by atoms with E-state index in [9.17, 15) is 13.2 Å². The molecule has 6 heteroatoms. The molecule has 3 nitrogen and oxygen atoms in total. The van der Waals surface area contributed by atoms with Gasteiger partial charge < -0.3 is 0 Å². The molecule has 20 heavy (non-hydrogen) atoms. The molecule has 0 bridgehead atoms. The number of hydrogen-bond acceptors (Lipinski definition) is 3. The molecular formula is C14H10BrClO3S. The van der Waals surface area contributed by atoms with Crippen LogP contribution in [-0.2, 0) is 9.84 Å². The monoisotopic (exact) mass is 372 g/mol. The Labute approximate surface area is 130 Å². The van der Waals surface area contributed by atoms with Crippen molar-refractivity contribution in [3.05, 3.63) is 63.6 Å². The maximum Gasteiger partial charge on any atom is 0.187 e. The van der Waals surface area contributed by atoms with Gasteiger partial charge in [-0.2, -0.15) is 0 Å². The van der Waals surface area contributed by atoms with Gasteiger partial charge in [0.05, 0.1) is 9.92 Å². The Balaban J connectivity index is 2.33. The average Bonchev–Trinajstić information content (AvgIpc) is 2.38. The Morgan fingerprint density at radius 2 is 1.65 bits per heavy atom. The number of halogens is 2. The van der Waals surface area contributed by atoms with E-state index < -0.39 is 21.4 Å². The van der Waals surface area contributed by atoms with Crippen LogP contribution in [0.5, 0.6) is 0 Å². The van der Waals surface area contributed by atoms with Crippen molar-refractivity contribution in [3.63, 3.8) is 0 Å². The lowest BCUT2D eigenvalue weighted by atomic mass is 10.1. The van der Waals surface area contributed by atoms with E-state index in [4.69, 9.17) is 11.6 Å². The standard InChI is InChI=1S/C14H10BrClO3S/c15-11-6-2-1-5-10(11)13(17)9-20(18,19)14-8-4-3-7-12(14)16/h1-8H,9H2. The third kappa shape index (κ3) is 3.29. The summed E-state index contributed by atoms with van der Waals surface area (Å²) in [6.07, 6.45) is 0. The first-order chi connectivity index (χ1) is 9.42. The second-order valence-corrected chi connectivity index (χ2v) is 7.31. The molecule has 0 aliphatic heterocycles. The highest BCUT2D eigenvalue weighted by molar-refractivity contribution is 9.10. The molecule has 2 aromatic rings. The van der Waals surface area contributed by atoms with Crippen molar-refractivity contribution in [1.82, 2.24) is 0 Å². The number of sulfone groups is 1. The Bertz CT molecular complexity index is 757. The lowest BCUT2D eigenvalue weighted by Crippen LogP contribution is -2.17. The molecule has 0 saturated heterocycles. The molecule has 0 unspecified atom stereocenters. The van der Waals surface area contributed by atoms with E-state index in [0.717, 1.165) is 0 Å². The van der Waals surface area contributed by atoms with Gasteiger partial charge in [0.2, 0.25) is 0 Å². The van der Waals surface area contributed by atoms with Crippen LogP contribution in [0.3, 0.4) is 0 Å². The van der Waals surface area contributed by atoms with Crippen LogP contribution in [-0.4, -0.2) is 20.0 Å². The Morgan fingerprint density at radius 3 is 2.30 bits per heavy atom. The molecule has 0 aliphatic rings. The fourth-order valence-electron chi connectivity index (χ4n) is 1.71.